The van der Waals surface area contributed by atoms with Crippen molar-refractivity contribution < 1.29 is 27.4 Å². The van der Waals surface area contributed by atoms with E-state index in [4.69, 9.17) is 18.9 Å². The summed E-state index contributed by atoms with van der Waals surface area (Å²) in [6.45, 7) is 9.82. The minimum Gasteiger partial charge on any atom is -0.376 e. The van der Waals surface area contributed by atoms with Gasteiger partial charge in [0.1, 0.15) is 12.2 Å². The van der Waals surface area contributed by atoms with Gasteiger partial charge in [-0.15, -0.1) is 0 Å². The second kappa shape index (κ2) is 12.1. The molecule has 0 saturated carbocycles. The molecule has 3 atom stereocenters. The van der Waals surface area contributed by atoms with Crippen LogP contribution in [0.4, 0.5) is 0 Å². The monoisotopic (exact) mass is 567 g/mol. The molecule has 1 aliphatic heterocycles. The summed E-state index contributed by atoms with van der Waals surface area (Å²) in [4.78, 5) is 0.216. The fourth-order valence-electron chi connectivity index (χ4n) is 4.97. The molecule has 1 N–H and O–H groups in total. The van der Waals surface area contributed by atoms with Gasteiger partial charge in [0.2, 0.25) is 10.0 Å². The molecule has 40 heavy (non-hydrogen) atoms. The van der Waals surface area contributed by atoms with Gasteiger partial charge in [-0.3, -0.25) is 0 Å². The maximum atomic E-state index is 13.5. The van der Waals surface area contributed by atoms with Crippen molar-refractivity contribution in [1.29, 1.82) is 0 Å². The molecular weight excluding hydrogens is 526 g/mol. The summed E-state index contributed by atoms with van der Waals surface area (Å²) < 4.78 is 54.6. The second-order valence-corrected chi connectivity index (χ2v) is 13.1. The van der Waals surface area contributed by atoms with E-state index in [1.165, 1.54) is 0 Å². The van der Waals surface area contributed by atoms with Gasteiger partial charge in [-0.05, 0) is 63.4 Å². The number of methoxy groups -OCH3 is 2. The first kappa shape index (κ1) is 30.4. The molecule has 0 amide bonds. The highest BCUT2D eigenvalue weighted by Crippen LogP contribution is 2.38. The average Bonchev–Trinajstić information content (AvgIpc) is 3.39. The largest absolute Gasteiger partial charge is 0.376 e. The van der Waals surface area contributed by atoms with Gasteiger partial charge < -0.3 is 18.9 Å². The summed E-state index contributed by atoms with van der Waals surface area (Å²) in [5.74, 6) is 0. The average molecular weight is 568 g/mol. The van der Waals surface area contributed by atoms with Crippen LogP contribution in [0.1, 0.15) is 56.0 Å². The Morgan fingerprint density at radius 2 is 1.32 bits per heavy atom. The SMILES string of the molecule is COC(C)(C)[C@@H]1OC(Cc2ccccc2[C@@H](NS(=O)(=O)c2ccc(C)cc2)c2ccccc2)O[C@H]1C(C)(C)OC. The van der Waals surface area contributed by atoms with Crippen molar-refractivity contribution in [2.75, 3.05) is 14.2 Å². The van der Waals surface area contributed by atoms with Gasteiger partial charge in [-0.25, -0.2) is 8.42 Å². The molecule has 0 radical (unpaired) electrons. The van der Waals surface area contributed by atoms with Crippen LogP contribution in [0.2, 0.25) is 0 Å². The van der Waals surface area contributed by atoms with Crippen LogP contribution >= 0.6 is 0 Å². The van der Waals surface area contributed by atoms with Crippen molar-refractivity contribution in [3.63, 3.8) is 0 Å². The highest BCUT2D eigenvalue weighted by atomic mass is 32.2. The van der Waals surface area contributed by atoms with Crippen LogP contribution in [0.15, 0.2) is 83.8 Å². The molecule has 1 heterocycles. The number of sulfonamides is 1. The molecule has 1 aliphatic rings. The lowest BCUT2D eigenvalue weighted by Crippen LogP contribution is -2.53. The smallest absolute Gasteiger partial charge is 0.241 e. The lowest BCUT2D eigenvalue weighted by molar-refractivity contribution is -0.132. The molecule has 0 aliphatic carbocycles. The van der Waals surface area contributed by atoms with Gasteiger partial charge in [0.25, 0.3) is 0 Å². The predicted molar refractivity (Wildman–Crippen MR) is 156 cm³/mol. The first-order chi connectivity index (χ1) is 18.9. The normalized spacial score (nSPS) is 19.6. The number of ether oxygens (including phenoxy) is 4. The van der Waals surface area contributed by atoms with Crippen LogP contribution in [-0.4, -0.2) is 52.3 Å². The van der Waals surface area contributed by atoms with Crippen LogP contribution < -0.4 is 4.72 Å². The Bertz CT molecular complexity index is 1350. The lowest BCUT2D eigenvalue weighted by atomic mass is 9.87. The zero-order chi connectivity index (χ0) is 29.1. The number of aryl methyl sites for hydroxylation is 1. The molecule has 0 bridgehead atoms. The molecule has 1 fully saturated rings. The Morgan fingerprint density at radius 3 is 1.88 bits per heavy atom. The Hall–Kier alpha value is -2.59. The summed E-state index contributed by atoms with van der Waals surface area (Å²) in [5.41, 5.74) is 2.32. The van der Waals surface area contributed by atoms with E-state index in [1.54, 1.807) is 38.5 Å². The number of hydrogen-bond acceptors (Lipinski definition) is 6. The Morgan fingerprint density at radius 1 is 0.800 bits per heavy atom. The molecule has 0 unspecified atom stereocenters. The maximum absolute atomic E-state index is 13.5. The third kappa shape index (κ3) is 6.65. The second-order valence-electron chi connectivity index (χ2n) is 11.3. The van der Waals surface area contributed by atoms with E-state index < -0.39 is 33.6 Å². The third-order valence-corrected chi connectivity index (χ3v) is 9.22. The number of hydrogen-bond donors (Lipinski definition) is 1. The fraction of sp³-hybridized carbons (Fsp3) is 0.438. The van der Waals surface area contributed by atoms with Crippen molar-refractivity contribution in [1.82, 2.24) is 4.72 Å². The highest BCUT2D eigenvalue weighted by molar-refractivity contribution is 7.89. The van der Waals surface area contributed by atoms with Crippen LogP contribution in [0.3, 0.4) is 0 Å². The van der Waals surface area contributed by atoms with Gasteiger partial charge in [-0.2, -0.15) is 4.72 Å². The Kier molecular flexibility index (Phi) is 9.19. The van der Waals surface area contributed by atoms with E-state index in [-0.39, 0.29) is 17.1 Å². The van der Waals surface area contributed by atoms with Crippen molar-refractivity contribution in [2.24, 2.45) is 0 Å². The Balaban J connectivity index is 1.69. The number of benzene rings is 3. The first-order valence-electron chi connectivity index (χ1n) is 13.5. The van der Waals surface area contributed by atoms with E-state index in [0.29, 0.717) is 6.42 Å². The van der Waals surface area contributed by atoms with E-state index in [9.17, 15) is 8.42 Å². The summed E-state index contributed by atoms with van der Waals surface area (Å²) >= 11 is 0. The van der Waals surface area contributed by atoms with Gasteiger partial charge in [0, 0.05) is 20.6 Å². The first-order valence-corrected chi connectivity index (χ1v) is 15.0. The van der Waals surface area contributed by atoms with Crippen molar-refractivity contribution in [3.05, 3.63) is 101 Å². The summed E-state index contributed by atoms with van der Waals surface area (Å²) in [6.07, 6.45) is -0.924. The molecule has 8 heteroatoms. The number of rotatable bonds is 11. The molecule has 7 nitrogen and oxygen atoms in total. The molecule has 0 spiro atoms. The van der Waals surface area contributed by atoms with Crippen LogP contribution in [0.25, 0.3) is 0 Å². The van der Waals surface area contributed by atoms with E-state index >= 15 is 0 Å². The maximum Gasteiger partial charge on any atom is 0.241 e. The molecule has 4 rings (SSSR count). The predicted octanol–water partition coefficient (Wildman–Crippen LogP) is 5.57. The van der Waals surface area contributed by atoms with Gasteiger partial charge in [-0.1, -0.05) is 72.3 Å². The van der Waals surface area contributed by atoms with Crippen molar-refractivity contribution in [2.45, 2.75) is 81.7 Å². The lowest BCUT2D eigenvalue weighted by Gasteiger charge is -2.38. The molecule has 1 saturated heterocycles. The number of nitrogens with one attached hydrogen (secondary N) is 1. The zero-order valence-electron chi connectivity index (χ0n) is 24.4. The topological polar surface area (TPSA) is 83.1 Å². The van der Waals surface area contributed by atoms with Gasteiger partial charge in [0.15, 0.2) is 6.29 Å². The minimum atomic E-state index is -3.83. The van der Waals surface area contributed by atoms with E-state index in [1.807, 2.05) is 89.2 Å². The van der Waals surface area contributed by atoms with Crippen LogP contribution in [0, 0.1) is 6.92 Å². The molecule has 3 aromatic rings. The Labute approximate surface area is 238 Å². The molecular formula is C32H41NO6S. The molecule has 216 valence electrons. The standard InChI is InChI=1S/C32H41NO6S/c1-22-17-19-25(20-18-22)40(34,35)33-28(23-13-9-8-10-14-23)26-16-12-11-15-24(26)21-27-38-29(31(2,3)36-6)30(39-27)32(4,5)37-7/h8-20,27-30,33H,21H2,1-7H3/t28-,29+,30+/m0/s1. The fourth-order valence-corrected chi connectivity index (χ4v) is 6.17. The van der Waals surface area contributed by atoms with Gasteiger partial charge in [0.05, 0.1) is 22.1 Å². The minimum absolute atomic E-state index is 0.216. The highest BCUT2D eigenvalue weighted by Gasteiger charge is 2.52. The van der Waals surface area contributed by atoms with Crippen LogP contribution in [0.5, 0.6) is 0 Å². The van der Waals surface area contributed by atoms with Crippen molar-refractivity contribution >= 4 is 10.0 Å². The molecule has 0 aromatic heterocycles. The zero-order valence-corrected chi connectivity index (χ0v) is 25.2. The summed E-state index contributed by atoms with van der Waals surface area (Å²) in [6, 6.07) is 23.6. The summed E-state index contributed by atoms with van der Waals surface area (Å²) in [5, 5.41) is 0. The summed E-state index contributed by atoms with van der Waals surface area (Å²) in [7, 11) is -0.505. The van der Waals surface area contributed by atoms with Crippen LogP contribution in [-0.2, 0) is 35.4 Å². The van der Waals surface area contributed by atoms with Crippen molar-refractivity contribution in [3.8, 4) is 0 Å². The van der Waals surface area contributed by atoms with E-state index in [0.717, 1.165) is 22.3 Å². The van der Waals surface area contributed by atoms with Gasteiger partial charge >= 0.3 is 0 Å². The molecule has 3 aromatic carbocycles. The third-order valence-electron chi connectivity index (χ3n) is 7.78. The quantitative estimate of drug-likeness (QED) is 0.326. The van der Waals surface area contributed by atoms with E-state index in [2.05, 4.69) is 4.72 Å².